The molecule has 0 aromatic heterocycles. The molecule has 0 saturated carbocycles. The molecular weight excluding hydrogens is 258 g/mol. The number of aryl methyl sites for hydroxylation is 2. The fourth-order valence-electron chi connectivity index (χ4n) is 3.23. The van der Waals surface area contributed by atoms with Crippen LogP contribution in [0, 0.1) is 0 Å². The SMILES string of the molecule is CNC(Cc1ccc2c(c1)CCC2)c1cccc(OC)c1. The van der Waals surface area contributed by atoms with Gasteiger partial charge in [-0.05, 0) is 67.1 Å². The van der Waals surface area contributed by atoms with Crippen molar-refractivity contribution in [3.8, 4) is 5.75 Å². The highest BCUT2D eigenvalue weighted by molar-refractivity contribution is 5.37. The number of fused-ring (bicyclic) bond motifs is 1. The van der Waals surface area contributed by atoms with Crippen LogP contribution in [0.5, 0.6) is 5.75 Å². The van der Waals surface area contributed by atoms with Crippen LogP contribution in [0.4, 0.5) is 0 Å². The average molecular weight is 281 g/mol. The molecule has 1 N–H and O–H groups in total. The zero-order chi connectivity index (χ0) is 14.7. The Hall–Kier alpha value is -1.80. The molecule has 0 radical (unpaired) electrons. The third-order valence-electron chi connectivity index (χ3n) is 4.45. The van der Waals surface area contributed by atoms with Crippen molar-refractivity contribution in [3.05, 3.63) is 64.7 Å². The minimum atomic E-state index is 0.319. The van der Waals surface area contributed by atoms with E-state index in [4.69, 9.17) is 4.74 Å². The highest BCUT2D eigenvalue weighted by atomic mass is 16.5. The van der Waals surface area contributed by atoms with Gasteiger partial charge in [-0.1, -0.05) is 30.3 Å². The van der Waals surface area contributed by atoms with E-state index in [0.29, 0.717) is 6.04 Å². The first-order valence-electron chi connectivity index (χ1n) is 7.72. The smallest absolute Gasteiger partial charge is 0.119 e. The lowest BCUT2D eigenvalue weighted by Gasteiger charge is -2.18. The molecule has 0 heterocycles. The number of nitrogens with one attached hydrogen (secondary N) is 1. The van der Waals surface area contributed by atoms with Gasteiger partial charge in [0.1, 0.15) is 5.75 Å². The quantitative estimate of drug-likeness (QED) is 0.902. The number of hydrogen-bond donors (Lipinski definition) is 1. The van der Waals surface area contributed by atoms with E-state index >= 15 is 0 Å². The van der Waals surface area contributed by atoms with Gasteiger partial charge in [0.15, 0.2) is 0 Å². The van der Waals surface area contributed by atoms with Crippen LogP contribution in [-0.2, 0) is 19.3 Å². The second-order valence-electron chi connectivity index (χ2n) is 5.78. The molecule has 0 saturated heterocycles. The lowest BCUT2D eigenvalue weighted by Crippen LogP contribution is -2.19. The van der Waals surface area contributed by atoms with Gasteiger partial charge in [0, 0.05) is 6.04 Å². The van der Waals surface area contributed by atoms with E-state index in [9.17, 15) is 0 Å². The van der Waals surface area contributed by atoms with E-state index in [-0.39, 0.29) is 0 Å². The van der Waals surface area contributed by atoms with Crippen LogP contribution < -0.4 is 10.1 Å². The minimum absolute atomic E-state index is 0.319. The molecule has 1 atom stereocenters. The topological polar surface area (TPSA) is 21.3 Å². The van der Waals surface area contributed by atoms with Crippen molar-refractivity contribution in [3.63, 3.8) is 0 Å². The molecule has 1 unspecified atom stereocenters. The summed E-state index contributed by atoms with van der Waals surface area (Å²) in [6, 6.07) is 15.6. The van der Waals surface area contributed by atoms with E-state index in [1.165, 1.54) is 30.4 Å². The summed E-state index contributed by atoms with van der Waals surface area (Å²) in [5.41, 5.74) is 5.78. The summed E-state index contributed by atoms with van der Waals surface area (Å²) in [6.07, 6.45) is 4.81. The lowest BCUT2D eigenvalue weighted by molar-refractivity contribution is 0.413. The van der Waals surface area contributed by atoms with Crippen LogP contribution in [0.15, 0.2) is 42.5 Å². The maximum atomic E-state index is 5.33. The molecule has 0 bridgehead atoms. The molecule has 0 fully saturated rings. The monoisotopic (exact) mass is 281 g/mol. The van der Waals surface area contributed by atoms with Crippen LogP contribution in [0.2, 0.25) is 0 Å². The van der Waals surface area contributed by atoms with Gasteiger partial charge in [-0.25, -0.2) is 0 Å². The summed E-state index contributed by atoms with van der Waals surface area (Å²) in [5, 5.41) is 3.43. The third kappa shape index (κ3) is 3.11. The summed E-state index contributed by atoms with van der Waals surface area (Å²) in [5.74, 6) is 0.918. The predicted molar refractivity (Wildman–Crippen MR) is 87.0 cm³/mol. The Bertz CT molecular complexity index is 621. The van der Waals surface area contributed by atoms with Gasteiger partial charge in [0.25, 0.3) is 0 Å². The van der Waals surface area contributed by atoms with Gasteiger partial charge in [-0.15, -0.1) is 0 Å². The van der Waals surface area contributed by atoms with E-state index in [1.54, 1.807) is 18.2 Å². The average Bonchev–Trinajstić information content (AvgIpc) is 3.00. The fraction of sp³-hybridized carbons (Fsp3) is 0.368. The molecule has 2 aromatic rings. The predicted octanol–water partition coefficient (Wildman–Crippen LogP) is 3.69. The highest BCUT2D eigenvalue weighted by Gasteiger charge is 2.14. The standard InChI is InChI=1S/C19H23NO/c1-20-19(17-7-4-8-18(13-17)21-2)12-14-9-10-15-5-3-6-16(15)11-14/h4,7-11,13,19-20H,3,5-6,12H2,1-2H3. The highest BCUT2D eigenvalue weighted by Crippen LogP contribution is 2.26. The fourth-order valence-corrected chi connectivity index (χ4v) is 3.23. The summed E-state index contributed by atoms with van der Waals surface area (Å²) < 4.78 is 5.33. The third-order valence-corrected chi connectivity index (χ3v) is 4.45. The summed E-state index contributed by atoms with van der Waals surface area (Å²) >= 11 is 0. The summed E-state index contributed by atoms with van der Waals surface area (Å²) in [6.45, 7) is 0. The van der Waals surface area contributed by atoms with E-state index in [0.717, 1.165) is 12.2 Å². The maximum Gasteiger partial charge on any atom is 0.119 e. The van der Waals surface area contributed by atoms with Crippen LogP contribution in [0.3, 0.4) is 0 Å². The zero-order valence-electron chi connectivity index (χ0n) is 12.9. The Morgan fingerprint density at radius 1 is 1.10 bits per heavy atom. The first-order chi connectivity index (χ1) is 10.3. The van der Waals surface area contributed by atoms with Crippen molar-refractivity contribution >= 4 is 0 Å². The minimum Gasteiger partial charge on any atom is -0.497 e. The Balaban J connectivity index is 1.80. The van der Waals surface area contributed by atoms with Crippen molar-refractivity contribution < 1.29 is 4.74 Å². The van der Waals surface area contributed by atoms with Gasteiger partial charge in [0.2, 0.25) is 0 Å². The molecule has 2 heteroatoms. The first-order valence-corrected chi connectivity index (χ1v) is 7.72. The molecule has 110 valence electrons. The molecule has 0 amide bonds. The van der Waals surface area contributed by atoms with Crippen LogP contribution >= 0.6 is 0 Å². The van der Waals surface area contributed by atoms with Crippen molar-refractivity contribution in [1.82, 2.24) is 5.32 Å². The second-order valence-corrected chi connectivity index (χ2v) is 5.78. The van der Waals surface area contributed by atoms with Crippen molar-refractivity contribution in [2.75, 3.05) is 14.2 Å². The molecule has 2 nitrogen and oxygen atoms in total. The number of likely N-dealkylation sites (N-methyl/N-ethyl adjacent to an activating group) is 1. The molecule has 1 aliphatic rings. The van der Waals surface area contributed by atoms with Gasteiger partial charge >= 0.3 is 0 Å². The van der Waals surface area contributed by atoms with Crippen LogP contribution in [0.1, 0.15) is 34.7 Å². The molecular formula is C19H23NO. The maximum absolute atomic E-state index is 5.33. The second kappa shape index (κ2) is 6.31. The van der Waals surface area contributed by atoms with Gasteiger partial charge in [-0.2, -0.15) is 0 Å². The Morgan fingerprint density at radius 2 is 1.95 bits per heavy atom. The van der Waals surface area contributed by atoms with Gasteiger partial charge in [0.05, 0.1) is 7.11 Å². The van der Waals surface area contributed by atoms with Crippen molar-refractivity contribution in [1.29, 1.82) is 0 Å². The molecule has 0 spiro atoms. The molecule has 1 aliphatic carbocycles. The van der Waals surface area contributed by atoms with Crippen LogP contribution in [0.25, 0.3) is 0 Å². The Labute approximate surface area is 127 Å². The van der Waals surface area contributed by atoms with Crippen molar-refractivity contribution in [2.24, 2.45) is 0 Å². The number of methoxy groups -OCH3 is 1. The van der Waals surface area contributed by atoms with Crippen molar-refractivity contribution in [2.45, 2.75) is 31.7 Å². The normalized spacial score (nSPS) is 14.8. The Kier molecular flexibility index (Phi) is 4.26. The molecule has 0 aliphatic heterocycles. The number of benzene rings is 2. The van der Waals surface area contributed by atoms with E-state index in [1.807, 2.05) is 13.1 Å². The van der Waals surface area contributed by atoms with E-state index < -0.39 is 0 Å². The zero-order valence-corrected chi connectivity index (χ0v) is 12.9. The molecule has 2 aromatic carbocycles. The number of ether oxygens (including phenoxy) is 1. The molecule has 3 rings (SSSR count). The van der Waals surface area contributed by atoms with Gasteiger partial charge < -0.3 is 10.1 Å². The summed E-state index contributed by atoms with van der Waals surface area (Å²) in [7, 11) is 3.74. The summed E-state index contributed by atoms with van der Waals surface area (Å²) in [4.78, 5) is 0. The first kappa shape index (κ1) is 14.2. The molecule has 21 heavy (non-hydrogen) atoms. The van der Waals surface area contributed by atoms with Crippen LogP contribution in [-0.4, -0.2) is 14.2 Å². The van der Waals surface area contributed by atoms with Gasteiger partial charge in [-0.3, -0.25) is 0 Å². The number of hydrogen-bond acceptors (Lipinski definition) is 2. The number of rotatable bonds is 5. The van der Waals surface area contributed by atoms with E-state index in [2.05, 4.69) is 41.7 Å². The lowest BCUT2D eigenvalue weighted by atomic mass is 9.96. The Morgan fingerprint density at radius 3 is 2.76 bits per heavy atom. The largest absolute Gasteiger partial charge is 0.497 e.